The summed E-state index contributed by atoms with van der Waals surface area (Å²) in [5.41, 5.74) is 0. The van der Waals surface area contributed by atoms with Gasteiger partial charge in [0, 0.05) is 19.6 Å². The third-order valence-electron chi connectivity index (χ3n) is 2.00. The predicted molar refractivity (Wildman–Crippen MR) is 46.2 cm³/mol. The Morgan fingerprint density at radius 1 is 1.75 bits per heavy atom. The van der Waals surface area contributed by atoms with E-state index < -0.39 is 0 Å². The van der Waals surface area contributed by atoms with Crippen molar-refractivity contribution in [3.05, 3.63) is 0 Å². The Bertz CT molecular complexity index is 165. The van der Waals surface area contributed by atoms with E-state index in [1.807, 2.05) is 0 Å². The molecule has 1 aliphatic heterocycles. The number of amides is 1. The number of alkyl halides is 1. The van der Waals surface area contributed by atoms with Gasteiger partial charge in [-0.15, -0.1) is 11.6 Å². The Kier molecular flexibility index (Phi) is 3.78. The Balaban J connectivity index is 2.52. The molecular weight excluding hydrogens is 180 g/mol. The van der Waals surface area contributed by atoms with Crippen molar-refractivity contribution in [3.8, 4) is 0 Å². The van der Waals surface area contributed by atoms with Crippen molar-refractivity contribution >= 4 is 17.5 Å². The number of nitrogens with one attached hydrogen (secondary N) is 1. The second-order valence-corrected chi connectivity index (χ2v) is 3.03. The molecule has 0 aliphatic carbocycles. The van der Waals surface area contributed by atoms with Gasteiger partial charge in [0.25, 0.3) is 0 Å². The van der Waals surface area contributed by atoms with E-state index in [0.29, 0.717) is 13.1 Å². The van der Waals surface area contributed by atoms with Crippen LogP contribution in [0.25, 0.3) is 0 Å². The zero-order valence-electron chi connectivity index (χ0n) is 6.79. The van der Waals surface area contributed by atoms with Crippen molar-refractivity contribution in [1.29, 1.82) is 0 Å². The average molecular weight is 193 g/mol. The van der Waals surface area contributed by atoms with Crippen molar-refractivity contribution in [2.45, 2.75) is 6.04 Å². The highest BCUT2D eigenvalue weighted by molar-refractivity contribution is 6.27. The summed E-state index contributed by atoms with van der Waals surface area (Å²) in [6.07, 6.45) is 0. The van der Waals surface area contributed by atoms with E-state index in [2.05, 4.69) is 5.32 Å². The lowest BCUT2D eigenvalue weighted by atomic mass is 10.2. The Morgan fingerprint density at radius 3 is 3.08 bits per heavy atom. The molecule has 2 N–H and O–H groups in total. The molecule has 0 bridgehead atoms. The Hall–Kier alpha value is -0.320. The second-order valence-electron chi connectivity index (χ2n) is 2.76. The van der Waals surface area contributed by atoms with Crippen molar-refractivity contribution in [2.75, 3.05) is 32.1 Å². The molecule has 1 fully saturated rings. The maximum Gasteiger partial charge on any atom is 0.237 e. The number of hydrogen-bond acceptors (Lipinski definition) is 3. The highest BCUT2D eigenvalue weighted by Gasteiger charge is 2.24. The molecule has 1 heterocycles. The number of piperazine rings is 1. The van der Waals surface area contributed by atoms with E-state index in [1.165, 1.54) is 0 Å². The summed E-state index contributed by atoms with van der Waals surface area (Å²) in [6.45, 7) is 2.06. The normalized spacial score (nSPS) is 24.2. The van der Waals surface area contributed by atoms with Crippen LogP contribution in [0.5, 0.6) is 0 Å². The second kappa shape index (κ2) is 4.64. The van der Waals surface area contributed by atoms with Gasteiger partial charge in [0.05, 0.1) is 12.6 Å². The van der Waals surface area contributed by atoms with Crippen LogP contribution in [0.2, 0.25) is 0 Å². The summed E-state index contributed by atoms with van der Waals surface area (Å²) in [7, 11) is 0. The molecule has 0 spiro atoms. The molecule has 0 radical (unpaired) electrons. The minimum absolute atomic E-state index is 0.00347. The van der Waals surface area contributed by atoms with Crippen LogP contribution in [0, 0.1) is 0 Å². The van der Waals surface area contributed by atoms with Crippen molar-refractivity contribution in [1.82, 2.24) is 10.2 Å². The first-order chi connectivity index (χ1) is 5.79. The molecule has 1 aliphatic rings. The molecule has 0 aromatic rings. The lowest BCUT2D eigenvalue weighted by Gasteiger charge is -2.34. The molecule has 0 saturated carbocycles. The van der Waals surface area contributed by atoms with Crippen LogP contribution >= 0.6 is 11.6 Å². The molecule has 12 heavy (non-hydrogen) atoms. The quantitative estimate of drug-likeness (QED) is 0.553. The number of halogens is 1. The first kappa shape index (κ1) is 9.77. The van der Waals surface area contributed by atoms with Gasteiger partial charge in [-0.2, -0.15) is 0 Å². The fraction of sp³-hybridized carbons (Fsp3) is 0.857. The number of rotatable bonds is 2. The van der Waals surface area contributed by atoms with Crippen LogP contribution in [0.4, 0.5) is 0 Å². The van der Waals surface area contributed by atoms with Crippen molar-refractivity contribution in [2.24, 2.45) is 0 Å². The van der Waals surface area contributed by atoms with E-state index in [9.17, 15) is 4.79 Å². The summed E-state index contributed by atoms with van der Waals surface area (Å²) < 4.78 is 0. The lowest BCUT2D eigenvalue weighted by Crippen LogP contribution is -2.55. The van der Waals surface area contributed by atoms with Gasteiger partial charge in [-0.25, -0.2) is 0 Å². The Morgan fingerprint density at radius 2 is 2.50 bits per heavy atom. The van der Waals surface area contributed by atoms with Crippen LogP contribution in [0.15, 0.2) is 0 Å². The standard InChI is InChI=1S/C7H13ClN2O2/c8-3-7(12)10-2-1-9-4-6(10)5-11/h6,9,11H,1-5H2. The van der Waals surface area contributed by atoms with E-state index in [-0.39, 0.29) is 24.4 Å². The van der Waals surface area contributed by atoms with E-state index in [1.54, 1.807) is 4.90 Å². The third-order valence-corrected chi connectivity index (χ3v) is 2.22. The van der Waals surface area contributed by atoms with E-state index in [4.69, 9.17) is 16.7 Å². The molecule has 0 aromatic heterocycles. The molecule has 1 rings (SSSR count). The van der Waals surface area contributed by atoms with Crippen molar-refractivity contribution < 1.29 is 9.90 Å². The largest absolute Gasteiger partial charge is 0.394 e. The van der Waals surface area contributed by atoms with Crippen LogP contribution < -0.4 is 5.32 Å². The number of hydrogen-bond donors (Lipinski definition) is 2. The summed E-state index contributed by atoms with van der Waals surface area (Å²) in [5.74, 6) is -0.103. The fourth-order valence-corrected chi connectivity index (χ4v) is 1.48. The first-order valence-electron chi connectivity index (χ1n) is 3.96. The number of carbonyl (C=O) groups is 1. The molecule has 0 aromatic carbocycles. The predicted octanol–water partition coefficient (Wildman–Crippen LogP) is -0.982. The minimum atomic E-state index is -0.106. The van der Waals surface area contributed by atoms with Gasteiger partial charge in [-0.3, -0.25) is 4.79 Å². The smallest absolute Gasteiger partial charge is 0.237 e. The molecular formula is C7H13ClN2O2. The van der Waals surface area contributed by atoms with Crippen LogP contribution in [-0.2, 0) is 4.79 Å². The molecule has 4 nitrogen and oxygen atoms in total. The number of aliphatic hydroxyl groups is 1. The SMILES string of the molecule is O=C(CCl)N1CCNCC1CO. The van der Waals surface area contributed by atoms with E-state index in [0.717, 1.165) is 6.54 Å². The number of nitrogens with zero attached hydrogens (tertiary/aromatic N) is 1. The van der Waals surface area contributed by atoms with Crippen molar-refractivity contribution in [3.63, 3.8) is 0 Å². The number of carbonyl (C=O) groups excluding carboxylic acids is 1. The lowest BCUT2D eigenvalue weighted by molar-refractivity contribution is -0.132. The van der Waals surface area contributed by atoms with Gasteiger partial charge in [-0.1, -0.05) is 0 Å². The van der Waals surface area contributed by atoms with Gasteiger partial charge in [-0.05, 0) is 0 Å². The van der Waals surface area contributed by atoms with Crippen LogP contribution in [0.1, 0.15) is 0 Å². The molecule has 1 amide bonds. The highest BCUT2D eigenvalue weighted by atomic mass is 35.5. The zero-order chi connectivity index (χ0) is 8.97. The first-order valence-corrected chi connectivity index (χ1v) is 4.50. The zero-order valence-corrected chi connectivity index (χ0v) is 7.55. The maximum absolute atomic E-state index is 11.2. The molecule has 1 saturated heterocycles. The van der Waals surface area contributed by atoms with Gasteiger partial charge in [0.2, 0.25) is 5.91 Å². The minimum Gasteiger partial charge on any atom is -0.394 e. The molecule has 1 atom stereocenters. The maximum atomic E-state index is 11.2. The average Bonchev–Trinajstić information content (AvgIpc) is 2.16. The topological polar surface area (TPSA) is 52.6 Å². The van der Waals surface area contributed by atoms with Crippen LogP contribution in [0.3, 0.4) is 0 Å². The van der Waals surface area contributed by atoms with Gasteiger partial charge < -0.3 is 15.3 Å². The summed E-state index contributed by atoms with van der Waals surface area (Å²) in [4.78, 5) is 12.8. The third kappa shape index (κ3) is 2.09. The fourth-order valence-electron chi connectivity index (χ4n) is 1.33. The monoisotopic (exact) mass is 192 g/mol. The molecule has 70 valence electrons. The van der Waals surface area contributed by atoms with Crippen LogP contribution in [-0.4, -0.2) is 54.1 Å². The van der Waals surface area contributed by atoms with E-state index >= 15 is 0 Å². The molecule has 1 unspecified atom stereocenters. The Labute approximate surface area is 76.5 Å². The number of aliphatic hydroxyl groups excluding tert-OH is 1. The summed E-state index contributed by atoms with van der Waals surface area (Å²) in [6, 6.07) is -0.106. The van der Waals surface area contributed by atoms with Gasteiger partial charge in [0.15, 0.2) is 0 Å². The summed E-state index contributed by atoms with van der Waals surface area (Å²) >= 11 is 5.41. The van der Waals surface area contributed by atoms with Gasteiger partial charge >= 0.3 is 0 Å². The molecule has 5 heteroatoms. The highest BCUT2D eigenvalue weighted by Crippen LogP contribution is 2.03. The van der Waals surface area contributed by atoms with Gasteiger partial charge in [0.1, 0.15) is 5.88 Å². The summed E-state index contributed by atoms with van der Waals surface area (Å²) in [5, 5.41) is 12.0.